The minimum absolute atomic E-state index is 0.121. The largest absolute Gasteiger partial charge is 0.508 e. The fourth-order valence-electron chi connectivity index (χ4n) is 3.21. The SMILES string of the molecule is CC\C=c1/c(C(N)=O)c(N)n(-c2cc(O)ccc2C)/c1=C/C=C(\C)C/C=C\NC. The van der Waals surface area contributed by atoms with Gasteiger partial charge in [0.05, 0.1) is 16.6 Å². The first-order valence-corrected chi connectivity index (χ1v) is 9.61. The molecule has 6 N–H and O–H groups in total. The Balaban J connectivity index is 2.88. The molecule has 0 radical (unpaired) electrons. The number of allylic oxidation sites excluding steroid dienone is 3. The van der Waals surface area contributed by atoms with Crippen molar-refractivity contribution in [3.63, 3.8) is 0 Å². The zero-order valence-electron chi connectivity index (χ0n) is 17.5. The van der Waals surface area contributed by atoms with Gasteiger partial charge in [0.2, 0.25) is 0 Å². The van der Waals surface area contributed by atoms with E-state index in [9.17, 15) is 9.90 Å². The van der Waals surface area contributed by atoms with E-state index in [0.29, 0.717) is 16.5 Å². The number of primary amides is 1. The number of nitrogen functional groups attached to an aromatic ring is 1. The highest BCUT2D eigenvalue weighted by Gasteiger charge is 2.18. The normalized spacial score (nSPS) is 13.4. The molecule has 1 amide bonds. The summed E-state index contributed by atoms with van der Waals surface area (Å²) in [6.45, 7) is 5.95. The third-order valence-electron chi connectivity index (χ3n) is 4.62. The third kappa shape index (κ3) is 4.90. The molecule has 1 heterocycles. The van der Waals surface area contributed by atoms with E-state index in [1.807, 2.05) is 64.4 Å². The van der Waals surface area contributed by atoms with Crippen LogP contribution in [0.2, 0.25) is 0 Å². The zero-order chi connectivity index (χ0) is 21.6. The molecular weight excluding hydrogens is 364 g/mol. The van der Waals surface area contributed by atoms with Crippen LogP contribution in [0.5, 0.6) is 5.75 Å². The van der Waals surface area contributed by atoms with Crippen molar-refractivity contribution in [2.75, 3.05) is 12.8 Å². The predicted molar refractivity (Wildman–Crippen MR) is 120 cm³/mol. The Morgan fingerprint density at radius 2 is 2.07 bits per heavy atom. The van der Waals surface area contributed by atoms with Gasteiger partial charge in [0, 0.05) is 18.3 Å². The molecule has 2 rings (SSSR count). The number of amides is 1. The predicted octanol–water partition coefficient (Wildman–Crippen LogP) is 2.21. The van der Waals surface area contributed by atoms with Gasteiger partial charge in [-0.05, 0) is 50.6 Å². The smallest absolute Gasteiger partial charge is 0.253 e. The van der Waals surface area contributed by atoms with Crippen molar-refractivity contribution in [2.45, 2.75) is 33.6 Å². The van der Waals surface area contributed by atoms with Crippen molar-refractivity contribution in [3.05, 3.63) is 63.8 Å². The number of rotatable bonds is 7. The lowest BCUT2D eigenvalue weighted by atomic mass is 10.1. The van der Waals surface area contributed by atoms with Gasteiger partial charge < -0.3 is 21.9 Å². The summed E-state index contributed by atoms with van der Waals surface area (Å²) in [7, 11) is 1.85. The molecule has 29 heavy (non-hydrogen) atoms. The van der Waals surface area contributed by atoms with E-state index in [1.54, 1.807) is 16.7 Å². The number of nitrogens with two attached hydrogens (primary N) is 2. The van der Waals surface area contributed by atoms with E-state index >= 15 is 0 Å². The van der Waals surface area contributed by atoms with Gasteiger partial charge in [-0.3, -0.25) is 9.36 Å². The number of carbonyl (C=O) groups excluding carboxylic acids is 1. The molecule has 1 aromatic carbocycles. The summed E-state index contributed by atoms with van der Waals surface area (Å²) in [5.74, 6) is -0.195. The minimum atomic E-state index is -0.578. The summed E-state index contributed by atoms with van der Waals surface area (Å²) < 4.78 is 1.78. The summed E-state index contributed by atoms with van der Waals surface area (Å²) in [6, 6.07) is 5.06. The van der Waals surface area contributed by atoms with Gasteiger partial charge >= 0.3 is 0 Å². The van der Waals surface area contributed by atoms with E-state index in [0.717, 1.165) is 29.3 Å². The number of nitrogens with one attached hydrogen (secondary N) is 1. The van der Waals surface area contributed by atoms with Crippen LogP contribution >= 0.6 is 0 Å². The summed E-state index contributed by atoms with van der Waals surface area (Å²) >= 11 is 0. The van der Waals surface area contributed by atoms with Gasteiger partial charge in [0.15, 0.2) is 0 Å². The van der Waals surface area contributed by atoms with E-state index in [1.165, 1.54) is 0 Å². The van der Waals surface area contributed by atoms with Crippen LogP contribution in [0.15, 0.2) is 42.1 Å². The number of phenolic OH excluding ortho intramolecular Hbond substituents is 1. The molecule has 1 aromatic heterocycles. The lowest BCUT2D eigenvalue weighted by molar-refractivity contribution is 0.100. The first kappa shape index (κ1) is 21.9. The second kappa shape index (κ2) is 9.68. The number of anilines is 1. The van der Waals surface area contributed by atoms with Gasteiger partial charge in [-0.15, -0.1) is 0 Å². The zero-order valence-corrected chi connectivity index (χ0v) is 17.5. The Kier molecular flexibility index (Phi) is 7.31. The van der Waals surface area contributed by atoms with Crippen LogP contribution in [0.1, 0.15) is 42.6 Å². The number of benzene rings is 1. The second-order valence-corrected chi connectivity index (χ2v) is 6.92. The summed E-state index contributed by atoms with van der Waals surface area (Å²) in [5.41, 5.74) is 15.1. The molecule has 0 aliphatic rings. The topological polar surface area (TPSA) is 106 Å². The van der Waals surface area contributed by atoms with Gasteiger partial charge in [0.1, 0.15) is 11.6 Å². The van der Waals surface area contributed by atoms with Crippen LogP contribution < -0.4 is 27.4 Å². The molecule has 0 bridgehead atoms. The fraction of sp³-hybridized carbons (Fsp3) is 0.261. The maximum absolute atomic E-state index is 12.2. The first-order valence-electron chi connectivity index (χ1n) is 9.61. The van der Waals surface area contributed by atoms with E-state index in [-0.39, 0.29) is 11.6 Å². The molecule has 0 aliphatic carbocycles. The van der Waals surface area contributed by atoms with Crippen LogP contribution in [-0.4, -0.2) is 22.6 Å². The van der Waals surface area contributed by atoms with Crippen molar-refractivity contribution in [1.29, 1.82) is 0 Å². The molecule has 0 fully saturated rings. The summed E-state index contributed by atoms with van der Waals surface area (Å²) in [5, 5.41) is 14.4. The van der Waals surface area contributed by atoms with Crippen molar-refractivity contribution in [3.8, 4) is 11.4 Å². The lowest BCUT2D eigenvalue weighted by Gasteiger charge is -2.11. The van der Waals surface area contributed by atoms with E-state index < -0.39 is 5.91 Å². The molecule has 0 spiro atoms. The highest BCUT2D eigenvalue weighted by molar-refractivity contribution is 5.98. The van der Waals surface area contributed by atoms with Crippen LogP contribution in [0.4, 0.5) is 5.82 Å². The van der Waals surface area contributed by atoms with Crippen LogP contribution in [0.3, 0.4) is 0 Å². The number of nitrogens with zero attached hydrogens (tertiary/aromatic N) is 1. The van der Waals surface area contributed by atoms with Gasteiger partial charge in [-0.1, -0.05) is 36.8 Å². The average molecular weight is 395 g/mol. The summed E-state index contributed by atoms with van der Waals surface area (Å²) in [4.78, 5) is 12.2. The Labute approximate surface area is 171 Å². The van der Waals surface area contributed by atoms with Gasteiger partial charge in [-0.2, -0.15) is 0 Å². The number of aryl methyl sites for hydroxylation is 1. The number of aromatic hydroxyl groups is 1. The Morgan fingerprint density at radius 1 is 1.34 bits per heavy atom. The minimum Gasteiger partial charge on any atom is -0.508 e. The molecule has 154 valence electrons. The van der Waals surface area contributed by atoms with Crippen LogP contribution in [-0.2, 0) is 0 Å². The molecular formula is C23H30N4O2. The van der Waals surface area contributed by atoms with Crippen molar-refractivity contribution in [1.82, 2.24) is 9.88 Å². The Morgan fingerprint density at radius 3 is 2.69 bits per heavy atom. The maximum Gasteiger partial charge on any atom is 0.253 e. The molecule has 0 aliphatic heterocycles. The molecule has 6 heteroatoms. The Bertz CT molecular complexity index is 1080. The average Bonchev–Trinajstić information content (AvgIpc) is 2.94. The second-order valence-electron chi connectivity index (χ2n) is 6.92. The number of hydrogen-bond acceptors (Lipinski definition) is 4. The number of aromatic nitrogens is 1. The van der Waals surface area contributed by atoms with E-state index in [4.69, 9.17) is 11.5 Å². The van der Waals surface area contributed by atoms with Gasteiger partial charge in [-0.25, -0.2) is 0 Å². The monoisotopic (exact) mass is 394 g/mol. The van der Waals surface area contributed by atoms with Crippen molar-refractivity contribution >= 4 is 23.9 Å². The highest BCUT2D eigenvalue weighted by Crippen LogP contribution is 2.22. The van der Waals surface area contributed by atoms with Crippen molar-refractivity contribution in [2.24, 2.45) is 5.73 Å². The molecule has 6 nitrogen and oxygen atoms in total. The van der Waals surface area contributed by atoms with Crippen molar-refractivity contribution < 1.29 is 9.90 Å². The number of phenols is 1. The van der Waals surface area contributed by atoms with Crippen LogP contribution in [0.25, 0.3) is 17.8 Å². The molecule has 0 atom stereocenters. The molecule has 0 unspecified atom stereocenters. The molecule has 2 aromatic rings. The Hall–Kier alpha value is -3.41. The van der Waals surface area contributed by atoms with E-state index in [2.05, 4.69) is 5.32 Å². The fourth-order valence-corrected chi connectivity index (χ4v) is 3.21. The highest BCUT2D eigenvalue weighted by atomic mass is 16.3. The quantitative estimate of drug-likeness (QED) is 0.578. The third-order valence-corrected chi connectivity index (χ3v) is 4.62. The summed E-state index contributed by atoms with van der Waals surface area (Å²) in [6.07, 6.45) is 11.3. The maximum atomic E-state index is 12.2. The first-order chi connectivity index (χ1) is 13.8. The standard InChI is InChI=1S/C23H30N4O2/c1-5-7-18-19(12-9-15(2)8-6-13-26-4)27(22(24)21(18)23(25)29)20-14-17(28)11-10-16(20)3/h6-7,9-14,26,28H,5,8,24H2,1-4H3,(H2,25,29)/b13-6-,15-9+,18-7-,19-12+. The molecule has 0 saturated heterocycles. The molecule has 0 saturated carbocycles. The number of hydrogen-bond donors (Lipinski definition) is 4. The number of carbonyl (C=O) groups is 1. The lowest BCUT2D eigenvalue weighted by Crippen LogP contribution is -2.32. The van der Waals surface area contributed by atoms with Gasteiger partial charge in [0.25, 0.3) is 5.91 Å². The van der Waals surface area contributed by atoms with Crippen LogP contribution in [0, 0.1) is 6.92 Å².